The SMILES string of the molecule is Cc1cc(Cl)ccc1C(=O)N1CC(CO)OC(C)(C)C1. The van der Waals surface area contributed by atoms with E-state index in [1.54, 1.807) is 23.1 Å². The number of aliphatic hydroxyl groups excluding tert-OH is 1. The van der Waals surface area contributed by atoms with Crippen LogP contribution in [-0.4, -0.2) is 47.3 Å². The van der Waals surface area contributed by atoms with Gasteiger partial charge in [0, 0.05) is 23.7 Å². The number of hydrogen-bond donors (Lipinski definition) is 1. The van der Waals surface area contributed by atoms with Gasteiger partial charge in [0.05, 0.1) is 18.3 Å². The van der Waals surface area contributed by atoms with E-state index >= 15 is 0 Å². The number of nitrogens with zero attached hydrogens (tertiary/aromatic N) is 1. The molecule has 1 aromatic rings. The molecule has 0 saturated carbocycles. The largest absolute Gasteiger partial charge is 0.394 e. The maximum absolute atomic E-state index is 12.6. The van der Waals surface area contributed by atoms with Gasteiger partial charge in [-0.2, -0.15) is 0 Å². The van der Waals surface area contributed by atoms with Crippen LogP contribution in [0.5, 0.6) is 0 Å². The van der Waals surface area contributed by atoms with Gasteiger partial charge in [0.25, 0.3) is 5.91 Å². The fourth-order valence-corrected chi connectivity index (χ4v) is 2.81. The number of halogens is 1. The van der Waals surface area contributed by atoms with Crippen molar-refractivity contribution in [3.05, 3.63) is 34.3 Å². The number of ether oxygens (including phenoxy) is 1. The van der Waals surface area contributed by atoms with Gasteiger partial charge in [0.15, 0.2) is 0 Å². The summed E-state index contributed by atoms with van der Waals surface area (Å²) in [5.74, 6) is -0.0472. The Morgan fingerprint density at radius 3 is 2.85 bits per heavy atom. The smallest absolute Gasteiger partial charge is 0.254 e. The van der Waals surface area contributed by atoms with Crippen molar-refractivity contribution in [2.45, 2.75) is 32.5 Å². The fraction of sp³-hybridized carbons (Fsp3) is 0.533. The quantitative estimate of drug-likeness (QED) is 0.911. The number of carbonyl (C=O) groups excluding carboxylic acids is 1. The topological polar surface area (TPSA) is 49.8 Å². The molecule has 110 valence electrons. The summed E-state index contributed by atoms with van der Waals surface area (Å²) in [6.07, 6.45) is -0.338. The summed E-state index contributed by atoms with van der Waals surface area (Å²) < 4.78 is 5.72. The first-order chi connectivity index (χ1) is 9.32. The van der Waals surface area contributed by atoms with E-state index in [1.807, 2.05) is 20.8 Å². The second-order valence-corrected chi connectivity index (χ2v) is 6.26. The van der Waals surface area contributed by atoms with Crippen molar-refractivity contribution in [1.82, 2.24) is 4.90 Å². The summed E-state index contributed by atoms with van der Waals surface area (Å²) in [4.78, 5) is 14.4. The molecule has 1 aliphatic heterocycles. The molecular formula is C15H20ClNO3. The van der Waals surface area contributed by atoms with Crippen LogP contribution in [0.25, 0.3) is 0 Å². The molecular weight excluding hydrogens is 278 g/mol. The number of amides is 1. The van der Waals surface area contributed by atoms with Crippen molar-refractivity contribution in [1.29, 1.82) is 0 Å². The Morgan fingerprint density at radius 2 is 2.25 bits per heavy atom. The summed E-state index contributed by atoms with van der Waals surface area (Å²) in [7, 11) is 0. The minimum atomic E-state index is -0.457. The predicted molar refractivity (Wildman–Crippen MR) is 78.1 cm³/mol. The number of rotatable bonds is 2. The monoisotopic (exact) mass is 297 g/mol. The van der Waals surface area contributed by atoms with Crippen molar-refractivity contribution in [2.24, 2.45) is 0 Å². The highest BCUT2D eigenvalue weighted by molar-refractivity contribution is 6.30. The van der Waals surface area contributed by atoms with Gasteiger partial charge in [0.2, 0.25) is 0 Å². The van der Waals surface area contributed by atoms with Crippen molar-refractivity contribution < 1.29 is 14.6 Å². The number of benzene rings is 1. The lowest BCUT2D eigenvalue weighted by atomic mass is 10.0. The van der Waals surface area contributed by atoms with E-state index in [0.29, 0.717) is 23.7 Å². The Balaban J connectivity index is 2.23. The molecule has 1 atom stereocenters. The van der Waals surface area contributed by atoms with Gasteiger partial charge in [-0.15, -0.1) is 0 Å². The van der Waals surface area contributed by atoms with Crippen LogP contribution in [0.2, 0.25) is 5.02 Å². The number of morpholine rings is 1. The highest BCUT2D eigenvalue weighted by atomic mass is 35.5. The molecule has 0 radical (unpaired) electrons. The second kappa shape index (κ2) is 5.72. The number of aryl methyl sites for hydroxylation is 1. The average molecular weight is 298 g/mol. The van der Waals surface area contributed by atoms with Crippen molar-refractivity contribution in [3.8, 4) is 0 Å². The van der Waals surface area contributed by atoms with E-state index in [0.717, 1.165) is 5.56 Å². The Morgan fingerprint density at radius 1 is 1.55 bits per heavy atom. The average Bonchev–Trinajstić information content (AvgIpc) is 2.36. The molecule has 2 rings (SSSR count). The highest BCUT2D eigenvalue weighted by Crippen LogP contribution is 2.24. The number of hydrogen-bond acceptors (Lipinski definition) is 3. The molecule has 0 spiro atoms. The molecule has 1 amide bonds. The molecule has 1 aliphatic rings. The van der Waals surface area contributed by atoms with Crippen LogP contribution < -0.4 is 0 Å². The lowest BCUT2D eigenvalue weighted by molar-refractivity contribution is -0.139. The Hall–Kier alpha value is -1.10. The van der Waals surface area contributed by atoms with Gasteiger partial charge in [0.1, 0.15) is 0 Å². The Kier molecular flexibility index (Phi) is 4.37. The molecule has 1 heterocycles. The van der Waals surface area contributed by atoms with Crippen molar-refractivity contribution in [3.63, 3.8) is 0 Å². The molecule has 0 aromatic heterocycles. The highest BCUT2D eigenvalue weighted by Gasteiger charge is 2.35. The van der Waals surface area contributed by atoms with Crippen LogP contribution in [0.15, 0.2) is 18.2 Å². The molecule has 1 N–H and O–H groups in total. The zero-order valence-corrected chi connectivity index (χ0v) is 12.8. The molecule has 0 aliphatic carbocycles. The number of carbonyl (C=O) groups is 1. The summed E-state index contributed by atoms with van der Waals surface area (Å²) >= 11 is 5.92. The zero-order chi connectivity index (χ0) is 14.9. The van der Waals surface area contributed by atoms with E-state index in [4.69, 9.17) is 16.3 Å². The third-order valence-corrected chi connectivity index (χ3v) is 3.63. The molecule has 20 heavy (non-hydrogen) atoms. The van der Waals surface area contributed by atoms with E-state index in [1.165, 1.54) is 0 Å². The molecule has 1 saturated heterocycles. The first kappa shape index (κ1) is 15.3. The van der Waals surface area contributed by atoms with Crippen LogP contribution in [0, 0.1) is 6.92 Å². The van der Waals surface area contributed by atoms with Crippen molar-refractivity contribution in [2.75, 3.05) is 19.7 Å². The van der Waals surface area contributed by atoms with E-state index in [2.05, 4.69) is 0 Å². The number of aliphatic hydroxyl groups is 1. The molecule has 1 fully saturated rings. The maximum Gasteiger partial charge on any atom is 0.254 e. The van der Waals surface area contributed by atoms with Crippen LogP contribution in [-0.2, 0) is 4.74 Å². The normalized spacial score (nSPS) is 21.9. The van der Waals surface area contributed by atoms with Gasteiger partial charge < -0.3 is 14.7 Å². The third kappa shape index (κ3) is 3.32. The predicted octanol–water partition coefficient (Wildman–Crippen LogP) is 2.26. The lowest BCUT2D eigenvalue weighted by Gasteiger charge is -2.42. The maximum atomic E-state index is 12.6. The van der Waals surface area contributed by atoms with E-state index < -0.39 is 5.60 Å². The Bertz CT molecular complexity index is 516. The molecule has 1 aromatic carbocycles. The molecule has 1 unspecified atom stereocenters. The first-order valence-electron chi connectivity index (χ1n) is 6.66. The summed E-state index contributed by atoms with van der Waals surface area (Å²) in [6, 6.07) is 5.25. The Labute approximate surface area is 124 Å². The van der Waals surface area contributed by atoms with Gasteiger partial charge in [-0.25, -0.2) is 0 Å². The third-order valence-electron chi connectivity index (χ3n) is 3.39. The summed E-state index contributed by atoms with van der Waals surface area (Å²) in [5, 5.41) is 9.92. The van der Waals surface area contributed by atoms with Crippen LogP contribution in [0.1, 0.15) is 29.8 Å². The van der Waals surface area contributed by atoms with E-state index in [-0.39, 0.29) is 18.6 Å². The zero-order valence-electron chi connectivity index (χ0n) is 12.0. The van der Waals surface area contributed by atoms with Gasteiger partial charge >= 0.3 is 0 Å². The summed E-state index contributed by atoms with van der Waals surface area (Å²) in [5.41, 5.74) is 1.04. The molecule has 5 heteroatoms. The summed E-state index contributed by atoms with van der Waals surface area (Å²) in [6.45, 7) is 6.53. The van der Waals surface area contributed by atoms with E-state index in [9.17, 15) is 9.90 Å². The molecule has 0 bridgehead atoms. The van der Waals surface area contributed by atoms with Crippen molar-refractivity contribution >= 4 is 17.5 Å². The second-order valence-electron chi connectivity index (χ2n) is 5.83. The standard InChI is InChI=1S/C15H20ClNO3/c1-10-6-11(16)4-5-13(10)14(19)17-7-12(8-18)20-15(2,3)9-17/h4-6,12,18H,7-9H2,1-3H3. The van der Waals surface area contributed by atoms with Gasteiger partial charge in [-0.3, -0.25) is 4.79 Å². The molecule has 4 nitrogen and oxygen atoms in total. The minimum absolute atomic E-state index is 0.0472. The van der Waals surface area contributed by atoms with Gasteiger partial charge in [-0.05, 0) is 44.5 Å². The minimum Gasteiger partial charge on any atom is -0.394 e. The lowest BCUT2D eigenvalue weighted by Crippen LogP contribution is -2.55. The van der Waals surface area contributed by atoms with Crippen LogP contribution >= 0.6 is 11.6 Å². The van der Waals surface area contributed by atoms with Crippen LogP contribution in [0.4, 0.5) is 0 Å². The van der Waals surface area contributed by atoms with Gasteiger partial charge in [-0.1, -0.05) is 11.6 Å². The van der Waals surface area contributed by atoms with Crippen LogP contribution in [0.3, 0.4) is 0 Å². The first-order valence-corrected chi connectivity index (χ1v) is 7.04. The fourth-order valence-electron chi connectivity index (χ4n) is 2.58.